The number of nitrogens with two attached hydrogens (primary N) is 1. The molecule has 0 radical (unpaired) electrons. The molecule has 1 unspecified atom stereocenters. The highest BCUT2D eigenvalue weighted by molar-refractivity contribution is 5.93. The quantitative estimate of drug-likeness (QED) is 0.811. The summed E-state index contributed by atoms with van der Waals surface area (Å²) in [5.41, 5.74) is 8.35. The van der Waals surface area contributed by atoms with Gasteiger partial charge in [0.1, 0.15) is 0 Å². The van der Waals surface area contributed by atoms with Gasteiger partial charge >= 0.3 is 0 Å². The Balaban J connectivity index is 1.91. The van der Waals surface area contributed by atoms with Crippen LogP contribution in [0.4, 0.5) is 11.4 Å². The first-order chi connectivity index (χ1) is 9.56. The summed E-state index contributed by atoms with van der Waals surface area (Å²) in [7, 11) is 0. The van der Waals surface area contributed by atoms with Crippen molar-refractivity contribution in [3.63, 3.8) is 0 Å². The van der Waals surface area contributed by atoms with Gasteiger partial charge < -0.3 is 11.1 Å². The molecule has 2 rings (SSSR count). The van der Waals surface area contributed by atoms with Gasteiger partial charge in [-0.25, -0.2) is 0 Å². The average Bonchev–Trinajstić information content (AvgIpc) is 2.44. The molecular formula is C17H26N2O. The monoisotopic (exact) mass is 274 g/mol. The summed E-state index contributed by atoms with van der Waals surface area (Å²) in [5, 5.41) is 3.02. The fraction of sp³-hybridized carbons (Fsp3) is 0.588. The molecule has 0 heterocycles. The van der Waals surface area contributed by atoms with E-state index in [9.17, 15) is 4.79 Å². The van der Waals surface area contributed by atoms with Crippen molar-refractivity contribution < 1.29 is 4.79 Å². The molecule has 1 saturated carbocycles. The second-order valence-corrected chi connectivity index (χ2v) is 6.20. The van der Waals surface area contributed by atoms with E-state index in [1.165, 1.54) is 32.1 Å². The summed E-state index contributed by atoms with van der Waals surface area (Å²) in [6, 6.07) is 5.63. The molecule has 1 aromatic carbocycles. The summed E-state index contributed by atoms with van der Waals surface area (Å²) < 4.78 is 0. The molecule has 1 amide bonds. The van der Waals surface area contributed by atoms with E-state index in [2.05, 4.69) is 5.32 Å². The van der Waals surface area contributed by atoms with Gasteiger partial charge in [0, 0.05) is 17.3 Å². The summed E-state index contributed by atoms with van der Waals surface area (Å²) >= 11 is 0. The summed E-state index contributed by atoms with van der Waals surface area (Å²) in [5.74, 6) is 0.912. The molecule has 0 spiro atoms. The molecule has 1 aromatic rings. The van der Waals surface area contributed by atoms with E-state index in [-0.39, 0.29) is 11.8 Å². The number of carbonyl (C=O) groups is 1. The van der Waals surface area contributed by atoms with Gasteiger partial charge in [-0.3, -0.25) is 4.79 Å². The molecule has 3 heteroatoms. The van der Waals surface area contributed by atoms with Crippen molar-refractivity contribution in [3.05, 3.63) is 23.8 Å². The van der Waals surface area contributed by atoms with Crippen molar-refractivity contribution in [3.8, 4) is 0 Å². The number of hydrogen-bond donors (Lipinski definition) is 2. The van der Waals surface area contributed by atoms with Gasteiger partial charge in [-0.05, 0) is 37.0 Å². The molecule has 3 N–H and O–H groups in total. The molecule has 1 aliphatic carbocycles. The van der Waals surface area contributed by atoms with Crippen LogP contribution in [-0.2, 0) is 4.79 Å². The smallest absolute Gasteiger partial charge is 0.227 e. The number of aryl methyl sites for hydroxylation is 1. The van der Waals surface area contributed by atoms with Crippen molar-refractivity contribution in [2.75, 3.05) is 11.1 Å². The minimum Gasteiger partial charge on any atom is -0.399 e. The standard InChI is InChI=1S/C17H26N2O/c1-12-8-9-15(18)11-16(12)19-17(20)13(2)10-14-6-4-3-5-7-14/h8-9,11,13-14H,3-7,10,18H2,1-2H3,(H,19,20). The van der Waals surface area contributed by atoms with Crippen LogP contribution in [-0.4, -0.2) is 5.91 Å². The van der Waals surface area contributed by atoms with E-state index in [1.54, 1.807) is 0 Å². The van der Waals surface area contributed by atoms with Crippen LogP contribution in [0.3, 0.4) is 0 Å². The van der Waals surface area contributed by atoms with E-state index in [4.69, 9.17) is 5.73 Å². The Morgan fingerprint density at radius 3 is 2.75 bits per heavy atom. The molecule has 1 aliphatic rings. The Hall–Kier alpha value is -1.51. The van der Waals surface area contributed by atoms with Crippen LogP contribution in [0.15, 0.2) is 18.2 Å². The third-order valence-corrected chi connectivity index (χ3v) is 4.38. The lowest BCUT2D eigenvalue weighted by Gasteiger charge is -2.24. The van der Waals surface area contributed by atoms with Gasteiger partial charge in [-0.2, -0.15) is 0 Å². The summed E-state index contributed by atoms with van der Waals surface area (Å²) in [6.45, 7) is 4.02. The minimum absolute atomic E-state index is 0.0685. The second kappa shape index (κ2) is 6.78. The summed E-state index contributed by atoms with van der Waals surface area (Å²) in [6.07, 6.45) is 7.59. The lowest BCUT2D eigenvalue weighted by atomic mass is 9.83. The first-order valence-electron chi connectivity index (χ1n) is 7.73. The maximum atomic E-state index is 12.3. The van der Waals surface area contributed by atoms with Crippen molar-refractivity contribution >= 4 is 17.3 Å². The van der Waals surface area contributed by atoms with Gasteiger partial charge in [-0.1, -0.05) is 45.1 Å². The van der Waals surface area contributed by atoms with Crippen molar-refractivity contribution in [2.24, 2.45) is 11.8 Å². The summed E-state index contributed by atoms with van der Waals surface area (Å²) in [4.78, 5) is 12.3. The number of nitrogen functional groups attached to an aromatic ring is 1. The lowest BCUT2D eigenvalue weighted by Crippen LogP contribution is -2.24. The van der Waals surface area contributed by atoms with Crippen LogP contribution in [0.1, 0.15) is 51.0 Å². The van der Waals surface area contributed by atoms with Gasteiger partial charge in [0.2, 0.25) is 5.91 Å². The van der Waals surface area contributed by atoms with Crippen LogP contribution in [0.5, 0.6) is 0 Å². The Kier molecular flexibility index (Phi) is 5.05. The van der Waals surface area contributed by atoms with Crippen LogP contribution in [0.25, 0.3) is 0 Å². The zero-order chi connectivity index (χ0) is 14.5. The van der Waals surface area contributed by atoms with Crippen LogP contribution >= 0.6 is 0 Å². The molecule has 20 heavy (non-hydrogen) atoms. The van der Waals surface area contributed by atoms with Crippen molar-refractivity contribution in [2.45, 2.75) is 52.4 Å². The number of amides is 1. The third kappa shape index (κ3) is 3.99. The van der Waals surface area contributed by atoms with Crippen LogP contribution in [0, 0.1) is 18.8 Å². The fourth-order valence-corrected chi connectivity index (χ4v) is 3.06. The van der Waals surface area contributed by atoms with Crippen molar-refractivity contribution in [1.29, 1.82) is 0 Å². The normalized spacial score (nSPS) is 17.7. The Morgan fingerprint density at radius 1 is 1.35 bits per heavy atom. The molecule has 0 aromatic heterocycles. The zero-order valence-corrected chi connectivity index (χ0v) is 12.6. The van der Waals surface area contributed by atoms with Gasteiger partial charge in [0.25, 0.3) is 0 Å². The minimum atomic E-state index is 0.0685. The number of carbonyl (C=O) groups excluding carboxylic acids is 1. The molecule has 0 saturated heterocycles. The molecule has 110 valence electrons. The fourth-order valence-electron chi connectivity index (χ4n) is 3.06. The third-order valence-electron chi connectivity index (χ3n) is 4.38. The van der Waals surface area contributed by atoms with Gasteiger partial charge in [-0.15, -0.1) is 0 Å². The van der Waals surface area contributed by atoms with E-state index in [1.807, 2.05) is 32.0 Å². The number of nitrogens with one attached hydrogen (secondary N) is 1. The highest BCUT2D eigenvalue weighted by Gasteiger charge is 2.21. The highest BCUT2D eigenvalue weighted by Crippen LogP contribution is 2.29. The Labute approximate surface area is 121 Å². The number of hydrogen-bond acceptors (Lipinski definition) is 2. The topological polar surface area (TPSA) is 55.1 Å². The number of anilines is 2. The first-order valence-corrected chi connectivity index (χ1v) is 7.73. The van der Waals surface area contributed by atoms with Crippen molar-refractivity contribution in [1.82, 2.24) is 0 Å². The lowest BCUT2D eigenvalue weighted by molar-refractivity contribution is -0.120. The molecule has 0 aliphatic heterocycles. The van der Waals surface area contributed by atoms with E-state index in [0.29, 0.717) is 5.69 Å². The largest absolute Gasteiger partial charge is 0.399 e. The second-order valence-electron chi connectivity index (χ2n) is 6.20. The van der Waals surface area contributed by atoms with Crippen LogP contribution < -0.4 is 11.1 Å². The molecule has 3 nitrogen and oxygen atoms in total. The van der Waals surface area contributed by atoms with Crippen LogP contribution in [0.2, 0.25) is 0 Å². The number of rotatable bonds is 4. The van der Waals surface area contributed by atoms with E-state index in [0.717, 1.165) is 23.6 Å². The number of benzene rings is 1. The van der Waals surface area contributed by atoms with E-state index < -0.39 is 0 Å². The SMILES string of the molecule is Cc1ccc(N)cc1NC(=O)C(C)CC1CCCCC1. The first kappa shape index (κ1) is 14.9. The highest BCUT2D eigenvalue weighted by atomic mass is 16.1. The molecule has 0 bridgehead atoms. The maximum Gasteiger partial charge on any atom is 0.227 e. The molecular weight excluding hydrogens is 248 g/mol. The van der Waals surface area contributed by atoms with Gasteiger partial charge in [0.05, 0.1) is 0 Å². The Morgan fingerprint density at radius 2 is 2.05 bits per heavy atom. The predicted octanol–water partition coefficient (Wildman–Crippen LogP) is 4.12. The zero-order valence-electron chi connectivity index (χ0n) is 12.6. The molecule has 1 fully saturated rings. The predicted molar refractivity (Wildman–Crippen MR) is 84.6 cm³/mol. The molecule has 1 atom stereocenters. The van der Waals surface area contributed by atoms with E-state index >= 15 is 0 Å². The Bertz CT molecular complexity index is 464. The maximum absolute atomic E-state index is 12.3. The average molecular weight is 274 g/mol. The van der Waals surface area contributed by atoms with Gasteiger partial charge in [0.15, 0.2) is 0 Å².